The number of rotatable bonds is 2. The van der Waals surface area contributed by atoms with Gasteiger partial charge in [0.1, 0.15) is 5.65 Å². The van der Waals surface area contributed by atoms with Crippen LogP contribution in [0.25, 0.3) is 5.65 Å². The van der Waals surface area contributed by atoms with E-state index < -0.39 is 0 Å². The molecule has 0 aliphatic rings. The van der Waals surface area contributed by atoms with Gasteiger partial charge in [0, 0.05) is 6.07 Å². The highest BCUT2D eigenvalue weighted by Crippen LogP contribution is 2.16. The first-order valence-corrected chi connectivity index (χ1v) is 6.34. The molecule has 0 spiro atoms. The standard InChI is InChI=1S/C11H14IN3O/c1-6(2)4-8-5-9(16)13-11-10(12)7(3)14-15(8)11/h5-6H,4H2,1-3H3,(H,13,16). The summed E-state index contributed by atoms with van der Waals surface area (Å²) in [5.74, 6) is 0.507. The topological polar surface area (TPSA) is 50.2 Å². The second-order valence-corrected chi connectivity index (χ2v) is 5.46. The molecule has 86 valence electrons. The Morgan fingerprint density at radius 3 is 2.88 bits per heavy atom. The molecule has 4 nitrogen and oxygen atoms in total. The molecule has 0 saturated carbocycles. The summed E-state index contributed by atoms with van der Waals surface area (Å²) < 4.78 is 2.86. The molecule has 2 aromatic heterocycles. The van der Waals surface area contributed by atoms with Crippen LogP contribution in [-0.4, -0.2) is 14.6 Å². The van der Waals surface area contributed by atoms with E-state index in [2.05, 4.69) is 46.5 Å². The van der Waals surface area contributed by atoms with E-state index in [0.717, 1.165) is 27.0 Å². The predicted octanol–water partition coefficient (Wildman–Crippen LogP) is 2.13. The van der Waals surface area contributed by atoms with Gasteiger partial charge in [-0.3, -0.25) is 4.79 Å². The second kappa shape index (κ2) is 4.20. The Hall–Kier alpha value is -0.850. The fourth-order valence-corrected chi connectivity index (χ4v) is 2.22. The van der Waals surface area contributed by atoms with Crippen LogP contribution in [0.1, 0.15) is 25.2 Å². The van der Waals surface area contributed by atoms with Crippen molar-refractivity contribution in [3.8, 4) is 0 Å². The molecule has 0 radical (unpaired) electrons. The van der Waals surface area contributed by atoms with Gasteiger partial charge in [0.25, 0.3) is 5.56 Å². The van der Waals surface area contributed by atoms with Gasteiger partial charge in [0.2, 0.25) is 0 Å². The van der Waals surface area contributed by atoms with Crippen LogP contribution in [0.4, 0.5) is 0 Å². The van der Waals surface area contributed by atoms with Gasteiger partial charge in [-0.25, -0.2) is 4.52 Å². The van der Waals surface area contributed by atoms with E-state index in [1.807, 2.05) is 11.4 Å². The average Bonchev–Trinajstić information content (AvgIpc) is 2.44. The van der Waals surface area contributed by atoms with Crippen LogP contribution in [0.5, 0.6) is 0 Å². The summed E-state index contributed by atoms with van der Waals surface area (Å²) >= 11 is 2.21. The van der Waals surface area contributed by atoms with Crippen molar-refractivity contribution < 1.29 is 0 Å². The van der Waals surface area contributed by atoms with E-state index in [1.54, 1.807) is 6.07 Å². The Morgan fingerprint density at radius 1 is 1.56 bits per heavy atom. The minimum Gasteiger partial charge on any atom is -0.306 e. The number of aromatic nitrogens is 3. The highest BCUT2D eigenvalue weighted by Gasteiger charge is 2.11. The third-order valence-electron chi connectivity index (χ3n) is 2.42. The van der Waals surface area contributed by atoms with Crippen molar-refractivity contribution in [2.45, 2.75) is 27.2 Å². The Kier molecular flexibility index (Phi) is 3.05. The first-order valence-electron chi connectivity index (χ1n) is 5.26. The molecule has 0 saturated heterocycles. The lowest BCUT2D eigenvalue weighted by molar-refractivity contribution is 0.617. The molecular formula is C11H14IN3O. The van der Waals surface area contributed by atoms with Crippen LogP contribution in [-0.2, 0) is 6.42 Å². The van der Waals surface area contributed by atoms with Gasteiger partial charge in [0.05, 0.1) is 15.0 Å². The summed E-state index contributed by atoms with van der Waals surface area (Å²) in [6, 6.07) is 1.63. The first kappa shape index (κ1) is 11.6. The van der Waals surface area contributed by atoms with Gasteiger partial charge < -0.3 is 4.98 Å². The molecule has 0 aliphatic carbocycles. The molecule has 2 aromatic rings. The Bertz CT molecular complexity index is 583. The molecule has 0 unspecified atom stereocenters. The summed E-state index contributed by atoms with van der Waals surface area (Å²) in [5.41, 5.74) is 2.68. The zero-order valence-corrected chi connectivity index (χ0v) is 11.7. The first-order chi connectivity index (χ1) is 7.49. The number of nitrogens with zero attached hydrogens (tertiary/aromatic N) is 2. The number of halogens is 1. The maximum atomic E-state index is 11.5. The summed E-state index contributed by atoms with van der Waals surface area (Å²) in [4.78, 5) is 14.4. The molecule has 0 aliphatic heterocycles. The van der Waals surface area contributed by atoms with E-state index in [1.165, 1.54) is 0 Å². The normalized spacial score (nSPS) is 11.6. The van der Waals surface area contributed by atoms with Crippen molar-refractivity contribution in [1.29, 1.82) is 0 Å². The number of H-pyrrole nitrogens is 1. The molecule has 0 amide bonds. The maximum absolute atomic E-state index is 11.5. The number of aromatic amines is 1. The van der Waals surface area contributed by atoms with E-state index in [9.17, 15) is 4.79 Å². The zero-order valence-electron chi connectivity index (χ0n) is 9.54. The van der Waals surface area contributed by atoms with E-state index in [4.69, 9.17) is 0 Å². The molecule has 0 fully saturated rings. The smallest absolute Gasteiger partial charge is 0.251 e. The van der Waals surface area contributed by atoms with Crippen molar-refractivity contribution in [3.63, 3.8) is 0 Å². The van der Waals surface area contributed by atoms with Crippen molar-refractivity contribution >= 4 is 28.2 Å². The molecule has 0 bridgehead atoms. The van der Waals surface area contributed by atoms with Gasteiger partial charge in [-0.1, -0.05) is 13.8 Å². The summed E-state index contributed by atoms with van der Waals surface area (Å²) in [6.45, 7) is 6.22. The molecule has 5 heteroatoms. The van der Waals surface area contributed by atoms with Crippen LogP contribution in [0, 0.1) is 16.4 Å². The largest absolute Gasteiger partial charge is 0.306 e. The van der Waals surface area contributed by atoms with Crippen molar-refractivity contribution in [2.24, 2.45) is 5.92 Å². The summed E-state index contributed by atoms with van der Waals surface area (Å²) in [5, 5.41) is 4.45. The SMILES string of the molecule is Cc1nn2c(CC(C)C)cc(=O)[nH]c2c1I. The van der Waals surface area contributed by atoms with Gasteiger partial charge in [-0.15, -0.1) is 0 Å². The highest BCUT2D eigenvalue weighted by atomic mass is 127. The zero-order chi connectivity index (χ0) is 11.9. The maximum Gasteiger partial charge on any atom is 0.251 e. The third-order valence-corrected chi connectivity index (χ3v) is 3.71. The minimum atomic E-state index is -0.0547. The number of aryl methyl sites for hydroxylation is 1. The summed E-state index contributed by atoms with van der Waals surface area (Å²) in [6.07, 6.45) is 0.859. The molecule has 0 atom stereocenters. The van der Waals surface area contributed by atoms with Gasteiger partial charge in [0.15, 0.2) is 0 Å². The lowest BCUT2D eigenvalue weighted by atomic mass is 10.1. The number of hydrogen-bond donors (Lipinski definition) is 1. The predicted molar refractivity (Wildman–Crippen MR) is 71.8 cm³/mol. The fraction of sp³-hybridized carbons (Fsp3) is 0.455. The Balaban J connectivity index is 2.73. The van der Waals surface area contributed by atoms with E-state index in [-0.39, 0.29) is 5.56 Å². The van der Waals surface area contributed by atoms with Crippen molar-refractivity contribution in [2.75, 3.05) is 0 Å². The molecule has 0 aromatic carbocycles. The van der Waals surface area contributed by atoms with E-state index >= 15 is 0 Å². The second-order valence-electron chi connectivity index (χ2n) is 4.38. The van der Waals surface area contributed by atoms with Crippen LogP contribution in [0.15, 0.2) is 10.9 Å². The lowest BCUT2D eigenvalue weighted by Crippen LogP contribution is -2.13. The van der Waals surface area contributed by atoms with Crippen LogP contribution in [0.2, 0.25) is 0 Å². The Labute approximate surface area is 107 Å². The van der Waals surface area contributed by atoms with Crippen LogP contribution >= 0.6 is 22.6 Å². The third kappa shape index (κ3) is 2.00. The molecule has 16 heavy (non-hydrogen) atoms. The number of fused-ring (bicyclic) bond motifs is 1. The van der Waals surface area contributed by atoms with Crippen LogP contribution in [0.3, 0.4) is 0 Å². The van der Waals surface area contributed by atoms with Crippen LogP contribution < -0.4 is 5.56 Å². The Morgan fingerprint density at radius 2 is 2.25 bits per heavy atom. The monoisotopic (exact) mass is 331 g/mol. The molecule has 2 rings (SSSR count). The summed E-state index contributed by atoms with van der Waals surface area (Å²) in [7, 11) is 0. The van der Waals surface area contributed by atoms with Gasteiger partial charge >= 0.3 is 0 Å². The molecule has 1 N–H and O–H groups in total. The van der Waals surface area contributed by atoms with Gasteiger partial charge in [-0.05, 0) is 41.9 Å². The highest BCUT2D eigenvalue weighted by molar-refractivity contribution is 14.1. The van der Waals surface area contributed by atoms with Gasteiger partial charge in [-0.2, -0.15) is 5.10 Å². The average molecular weight is 331 g/mol. The van der Waals surface area contributed by atoms with E-state index in [0.29, 0.717) is 5.92 Å². The van der Waals surface area contributed by atoms with Crippen molar-refractivity contribution in [1.82, 2.24) is 14.6 Å². The number of nitrogens with one attached hydrogen (secondary N) is 1. The molecule has 2 heterocycles. The fourth-order valence-electron chi connectivity index (χ4n) is 1.75. The minimum absolute atomic E-state index is 0.0547. The number of hydrogen-bond acceptors (Lipinski definition) is 2. The quantitative estimate of drug-likeness (QED) is 0.857. The lowest BCUT2D eigenvalue weighted by Gasteiger charge is -2.06. The van der Waals surface area contributed by atoms with Crippen molar-refractivity contribution in [3.05, 3.63) is 31.4 Å². The molecular weight excluding hydrogens is 317 g/mol.